The van der Waals surface area contributed by atoms with Gasteiger partial charge in [0, 0.05) is 42.4 Å². The van der Waals surface area contributed by atoms with Gasteiger partial charge in [0.25, 0.3) is 5.91 Å². The maximum Gasteiger partial charge on any atom is 0.399 e. The van der Waals surface area contributed by atoms with Crippen molar-refractivity contribution in [3.05, 3.63) is 54.7 Å². The van der Waals surface area contributed by atoms with Crippen LogP contribution in [0.15, 0.2) is 23.2 Å². The molecular formula is C29H33Cl2F3N2O2S. The Morgan fingerprint density at radius 2 is 1.67 bits per heavy atom. The van der Waals surface area contributed by atoms with Crippen molar-refractivity contribution in [1.29, 1.82) is 0 Å². The molecule has 2 aromatic rings. The molecule has 0 spiro atoms. The first kappa shape index (κ1) is 30.1. The number of benzene rings is 1. The summed E-state index contributed by atoms with van der Waals surface area (Å²) < 4.78 is 45.4. The van der Waals surface area contributed by atoms with Crippen molar-refractivity contribution in [2.75, 3.05) is 7.05 Å². The largest absolute Gasteiger partial charge is 0.399 e. The number of amides is 1. The third-order valence-corrected chi connectivity index (χ3v) is 9.85. The van der Waals surface area contributed by atoms with Crippen molar-refractivity contribution >= 4 is 51.9 Å². The Labute approximate surface area is 241 Å². The fourth-order valence-corrected chi connectivity index (χ4v) is 7.87. The van der Waals surface area contributed by atoms with Gasteiger partial charge in [0.2, 0.25) is 0 Å². The van der Waals surface area contributed by atoms with Crippen molar-refractivity contribution in [3.63, 3.8) is 0 Å². The lowest BCUT2D eigenvalue weighted by atomic mass is 9.67. The second kappa shape index (κ2) is 11.9. The number of carbonyl (C=O) groups excluding carboxylic acids is 2. The molecule has 10 heteroatoms. The molecule has 0 saturated heterocycles. The summed E-state index contributed by atoms with van der Waals surface area (Å²) in [5, 5.41) is 3.29. The first-order valence-corrected chi connectivity index (χ1v) is 14.9. The van der Waals surface area contributed by atoms with E-state index in [0.717, 1.165) is 36.8 Å². The number of aliphatic imine (C=N–C) groups is 1. The van der Waals surface area contributed by atoms with Gasteiger partial charge in [-0.1, -0.05) is 37.0 Å². The van der Waals surface area contributed by atoms with Gasteiger partial charge in [-0.25, -0.2) is 0 Å². The van der Waals surface area contributed by atoms with Crippen molar-refractivity contribution in [2.45, 2.75) is 89.3 Å². The third kappa shape index (κ3) is 6.08. The van der Waals surface area contributed by atoms with Crippen LogP contribution in [0.25, 0.3) is 0 Å². The van der Waals surface area contributed by atoms with Crippen LogP contribution in [0.2, 0.25) is 10.0 Å². The lowest BCUT2D eigenvalue weighted by Gasteiger charge is -2.40. The summed E-state index contributed by atoms with van der Waals surface area (Å²) in [5.74, 6) is -0.975. The van der Waals surface area contributed by atoms with E-state index >= 15 is 13.2 Å². The topological polar surface area (TPSA) is 58.5 Å². The lowest BCUT2D eigenvalue weighted by molar-refractivity contribution is -0.201. The standard InChI is InChI=1S/C29H33Cl2F3N2O2S/c1-16(2)28(29(32,33)34,17-11-18(30)13-19(31)12-17)15-24(35-3)25-22-9-4-5-10-23(22)26(39-25)27(38)36-20-7-6-8-21(37)14-20/h11-13,16,20H,4-10,14-15H2,1-3H3,(H,36,38). The van der Waals surface area contributed by atoms with E-state index in [9.17, 15) is 9.59 Å². The second-order valence-electron chi connectivity index (χ2n) is 10.9. The molecule has 4 rings (SSSR count). The number of nitrogens with zero attached hydrogens (tertiary/aromatic N) is 1. The number of nitrogens with one attached hydrogen (secondary N) is 1. The van der Waals surface area contributed by atoms with E-state index in [1.54, 1.807) is 13.8 Å². The summed E-state index contributed by atoms with van der Waals surface area (Å²) in [6, 6.07) is 3.88. The van der Waals surface area contributed by atoms with Crippen molar-refractivity contribution in [1.82, 2.24) is 5.32 Å². The summed E-state index contributed by atoms with van der Waals surface area (Å²) >= 11 is 13.6. The van der Waals surface area contributed by atoms with Crippen LogP contribution in [0.4, 0.5) is 13.2 Å². The zero-order chi connectivity index (χ0) is 28.5. The highest BCUT2D eigenvalue weighted by Crippen LogP contribution is 2.51. The maximum absolute atomic E-state index is 15.1. The molecule has 4 nitrogen and oxygen atoms in total. The van der Waals surface area contributed by atoms with Crippen LogP contribution < -0.4 is 5.32 Å². The smallest absolute Gasteiger partial charge is 0.348 e. The summed E-state index contributed by atoms with van der Waals surface area (Å²) in [7, 11) is 1.50. The van der Waals surface area contributed by atoms with Gasteiger partial charge in [0.1, 0.15) is 5.78 Å². The average molecular weight is 602 g/mol. The maximum atomic E-state index is 15.1. The highest BCUT2D eigenvalue weighted by molar-refractivity contribution is 7.16. The van der Waals surface area contributed by atoms with Crippen LogP contribution in [0.5, 0.6) is 0 Å². The van der Waals surface area contributed by atoms with E-state index in [2.05, 4.69) is 10.3 Å². The zero-order valence-electron chi connectivity index (χ0n) is 22.3. The van der Waals surface area contributed by atoms with Gasteiger partial charge in [0.15, 0.2) is 0 Å². The molecule has 1 N–H and O–H groups in total. The second-order valence-corrected chi connectivity index (χ2v) is 12.8. The van der Waals surface area contributed by atoms with Gasteiger partial charge in [-0.2, -0.15) is 13.2 Å². The summed E-state index contributed by atoms with van der Waals surface area (Å²) in [6.45, 7) is 3.09. The number of Topliss-reactive ketones (excluding diaryl/α,β-unsaturated/α-hetero) is 1. The minimum Gasteiger partial charge on any atom is -0.348 e. The minimum atomic E-state index is -4.63. The number of thiophene rings is 1. The monoisotopic (exact) mass is 600 g/mol. The number of rotatable bonds is 7. The van der Waals surface area contributed by atoms with E-state index in [-0.39, 0.29) is 33.3 Å². The van der Waals surface area contributed by atoms with Gasteiger partial charge in [-0.3, -0.25) is 14.6 Å². The van der Waals surface area contributed by atoms with E-state index < -0.39 is 23.9 Å². The van der Waals surface area contributed by atoms with Crippen molar-refractivity contribution < 1.29 is 22.8 Å². The Kier molecular flexibility index (Phi) is 9.18. The number of hydrogen-bond acceptors (Lipinski definition) is 4. The Morgan fingerprint density at radius 3 is 2.21 bits per heavy atom. The SMILES string of the molecule is CN=C(CC(c1cc(Cl)cc(Cl)c1)(C(C)C)C(F)(F)F)c1sc(C(=O)NC2CCCC(=O)C2)c2c1CCCC2. The van der Waals surface area contributed by atoms with Crippen LogP contribution in [0.3, 0.4) is 0 Å². The first-order chi connectivity index (χ1) is 18.4. The van der Waals surface area contributed by atoms with Gasteiger partial charge >= 0.3 is 6.18 Å². The number of halogens is 5. The Morgan fingerprint density at radius 1 is 1.05 bits per heavy atom. The number of fused-ring (bicyclic) bond motifs is 1. The third-order valence-electron chi connectivity index (χ3n) is 8.09. The lowest BCUT2D eigenvalue weighted by Crippen LogP contribution is -2.48. The van der Waals surface area contributed by atoms with Gasteiger partial charge < -0.3 is 5.32 Å². The van der Waals surface area contributed by atoms with Crippen molar-refractivity contribution in [3.8, 4) is 0 Å². The van der Waals surface area contributed by atoms with E-state index in [0.29, 0.717) is 41.1 Å². The summed E-state index contributed by atoms with van der Waals surface area (Å²) in [5.41, 5.74) is -0.177. The van der Waals surface area contributed by atoms with Gasteiger partial charge in [0.05, 0.1) is 20.9 Å². The van der Waals surface area contributed by atoms with Crippen molar-refractivity contribution in [2.24, 2.45) is 10.9 Å². The molecule has 0 radical (unpaired) electrons. The molecule has 0 aliphatic heterocycles. The molecule has 1 aromatic carbocycles. The Balaban J connectivity index is 1.77. The van der Waals surface area contributed by atoms with Gasteiger partial charge in [-0.05, 0) is 79.3 Å². The van der Waals surface area contributed by atoms with Crippen LogP contribution in [0, 0.1) is 5.92 Å². The Bertz CT molecular complexity index is 1270. The molecule has 2 unspecified atom stereocenters. The molecule has 39 heavy (non-hydrogen) atoms. The molecule has 0 bridgehead atoms. The molecule has 212 valence electrons. The molecule has 2 atom stereocenters. The molecule has 2 aliphatic rings. The zero-order valence-corrected chi connectivity index (χ0v) is 24.6. The number of hydrogen-bond donors (Lipinski definition) is 1. The molecule has 1 aromatic heterocycles. The quantitative estimate of drug-likeness (QED) is 0.326. The highest BCUT2D eigenvalue weighted by atomic mass is 35.5. The number of alkyl halides is 3. The summed E-state index contributed by atoms with van der Waals surface area (Å²) in [4.78, 5) is 30.9. The molecule has 1 fully saturated rings. The fraction of sp³-hybridized carbons (Fsp3) is 0.552. The summed E-state index contributed by atoms with van der Waals surface area (Å²) in [6.07, 6.45) is 0.467. The molecular weight excluding hydrogens is 568 g/mol. The number of carbonyl (C=O) groups is 2. The van der Waals surface area contributed by atoms with Crippen LogP contribution >= 0.6 is 34.5 Å². The fourth-order valence-electron chi connectivity index (χ4n) is 6.01. The van der Waals surface area contributed by atoms with Crippen LogP contribution in [0.1, 0.15) is 90.0 Å². The molecule has 1 heterocycles. The van der Waals surface area contributed by atoms with E-state index in [1.807, 2.05) is 0 Å². The average Bonchev–Trinajstić information content (AvgIpc) is 3.23. The first-order valence-electron chi connectivity index (χ1n) is 13.3. The Hall–Kier alpha value is -1.90. The normalized spacial score (nSPS) is 20.1. The minimum absolute atomic E-state index is 0.00555. The predicted molar refractivity (Wildman–Crippen MR) is 152 cm³/mol. The highest BCUT2D eigenvalue weighted by Gasteiger charge is 2.58. The molecule has 2 aliphatic carbocycles. The van der Waals surface area contributed by atoms with Crippen LogP contribution in [-0.4, -0.2) is 36.7 Å². The van der Waals surface area contributed by atoms with E-state index in [1.165, 1.54) is 36.6 Å². The van der Waals surface area contributed by atoms with E-state index in [4.69, 9.17) is 23.2 Å². The number of ketones is 1. The predicted octanol–water partition coefficient (Wildman–Crippen LogP) is 8.14. The van der Waals surface area contributed by atoms with Gasteiger partial charge in [-0.15, -0.1) is 11.3 Å². The van der Waals surface area contributed by atoms with Crippen LogP contribution in [-0.2, 0) is 23.1 Å². The molecule has 1 saturated carbocycles. The molecule has 1 amide bonds.